The molecule has 3 rings (SSSR count). The number of carbonyl (C=O) groups is 1. The van der Waals surface area contributed by atoms with Crippen molar-refractivity contribution >= 4 is 11.7 Å². The van der Waals surface area contributed by atoms with Crippen LogP contribution in [0.5, 0.6) is 0 Å². The Bertz CT molecular complexity index is 760. The van der Waals surface area contributed by atoms with Crippen LogP contribution in [0.3, 0.4) is 0 Å². The van der Waals surface area contributed by atoms with E-state index in [1.165, 1.54) is 0 Å². The molecule has 148 valence electrons. The predicted molar refractivity (Wildman–Crippen MR) is 106 cm³/mol. The minimum absolute atomic E-state index is 0.0598. The summed E-state index contributed by atoms with van der Waals surface area (Å²) in [6.07, 6.45) is 0.848. The fourth-order valence-electron chi connectivity index (χ4n) is 3.19. The van der Waals surface area contributed by atoms with E-state index in [2.05, 4.69) is 4.99 Å². The van der Waals surface area contributed by atoms with Crippen LogP contribution in [0.2, 0.25) is 0 Å². The first-order chi connectivity index (χ1) is 13.5. The Kier molecular flexibility index (Phi) is 6.55. The van der Waals surface area contributed by atoms with Gasteiger partial charge in [-0.2, -0.15) is 0 Å². The maximum Gasteiger partial charge on any atom is 0.331 e. The highest BCUT2D eigenvalue weighted by Crippen LogP contribution is 2.41. The van der Waals surface area contributed by atoms with Crippen LogP contribution in [0, 0.1) is 5.92 Å². The summed E-state index contributed by atoms with van der Waals surface area (Å²) in [6.45, 7) is 1.79. The highest BCUT2D eigenvalue weighted by atomic mass is 19.3. The highest BCUT2D eigenvalue weighted by molar-refractivity contribution is 6.13. The van der Waals surface area contributed by atoms with E-state index in [0.717, 1.165) is 24.0 Å². The summed E-state index contributed by atoms with van der Waals surface area (Å²) in [6, 6.07) is 17.4. The molecular formula is C23H25F2NO2. The van der Waals surface area contributed by atoms with Crippen molar-refractivity contribution < 1.29 is 18.3 Å². The van der Waals surface area contributed by atoms with Crippen molar-refractivity contribution in [3.8, 4) is 0 Å². The second-order valence-electron chi connectivity index (χ2n) is 7.19. The number of hydrogen-bond donors (Lipinski definition) is 0. The maximum absolute atomic E-state index is 14.5. The van der Waals surface area contributed by atoms with E-state index >= 15 is 0 Å². The third kappa shape index (κ3) is 5.72. The molecule has 0 bridgehead atoms. The summed E-state index contributed by atoms with van der Waals surface area (Å²) in [5, 5.41) is 0. The molecule has 0 spiro atoms. The van der Waals surface area contributed by atoms with Crippen LogP contribution in [-0.2, 0) is 9.53 Å². The quantitative estimate of drug-likeness (QED) is 0.435. The Labute approximate surface area is 164 Å². The zero-order chi connectivity index (χ0) is 20.0. The largest absolute Gasteiger partial charge is 0.464 e. The SMILES string of the molecule is CCOC(=O)C(CC(F)(F)CC1CC1)N=C(c1ccccc1)c1ccccc1. The standard InChI is InChI=1S/C23H25F2NO2/c1-2-28-22(27)20(16-23(24,25)15-17-13-14-17)26-21(18-9-5-3-6-10-18)19-11-7-4-8-12-19/h3-12,17,20H,2,13-16H2,1H3. The van der Waals surface area contributed by atoms with Crippen molar-refractivity contribution in [2.24, 2.45) is 10.9 Å². The lowest BCUT2D eigenvalue weighted by molar-refractivity contribution is -0.147. The number of benzene rings is 2. The van der Waals surface area contributed by atoms with Gasteiger partial charge < -0.3 is 4.74 Å². The lowest BCUT2D eigenvalue weighted by atomic mass is 10.00. The van der Waals surface area contributed by atoms with Crippen molar-refractivity contribution in [1.82, 2.24) is 0 Å². The smallest absolute Gasteiger partial charge is 0.331 e. The summed E-state index contributed by atoms with van der Waals surface area (Å²) in [4.78, 5) is 17.0. The Morgan fingerprint density at radius 2 is 1.61 bits per heavy atom. The summed E-state index contributed by atoms with van der Waals surface area (Å²) in [7, 11) is 0. The first kappa shape index (κ1) is 20.2. The van der Waals surface area contributed by atoms with Crippen LogP contribution < -0.4 is 0 Å². The third-order valence-corrected chi connectivity index (χ3v) is 4.71. The molecule has 0 radical (unpaired) electrons. The van der Waals surface area contributed by atoms with E-state index in [1.54, 1.807) is 6.92 Å². The Morgan fingerprint density at radius 1 is 1.07 bits per heavy atom. The number of hydrogen-bond acceptors (Lipinski definition) is 3. The lowest BCUT2D eigenvalue weighted by Gasteiger charge is -2.21. The van der Waals surface area contributed by atoms with Crippen molar-refractivity contribution in [2.45, 2.75) is 44.6 Å². The topological polar surface area (TPSA) is 38.7 Å². The predicted octanol–water partition coefficient (Wildman–Crippen LogP) is 5.28. The molecule has 5 heteroatoms. The average Bonchev–Trinajstić information content (AvgIpc) is 3.49. The average molecular weight is 385 g/mol. The molecule has 0 heterocycles. The lowest BCUT2D eigenvalue weighted by Crippen LogP contribution is -2.32. The van der Waals surface area contributed by atoms with Crippen molar-refractivity contribution in [1.29, 1.82) is 0 Å². The van der Waals surface area contributed by atoms with E-state index < -0.39 is 24.4 Å². The van der Waals surface area contributed by atoms with E-state index in [1.807, 2.05) is 60.7 Å². The van der Waals surface area contributed by atoms with Crippen molar-refractivity contribution in [3.05, 3.63) is 71.8 Å². The molecule has 0 N–H and O–H groups in total. The van der Waals surface area contributed by atoms with Gasteiger partial charge in [-0.05, 0) is 25.7 Å². The fourth-order valence-corrected chi connectivity index (χ4v) is 3.19. The summed E-state index contributed by atoms with van der Waals surface area (Å²) >= 11 is 0. The maximum atomic E-state index is 14.5. The Balaban J connectivity index is 1.96. The number of halogens is 2. The zero-order valence-corrected chi connectivity index (χ0v) is 16.0. The first-order valence-electron chi connectivity index (χ1n) is 9.71. The molecule has 1 aliphatic carbocycles. The number of aliphatic imine (C=N–C) groups is 1. The van der Waals surface area contributed by atoms with Gasteiger partial charge in [-0.15, -0.1) is 0 Å². The Hall–Kier alpha value is -2.56. The molecule has 1 atom stereocenters. The summed E-state index contributed by atoms with van der Waals surface area (Å²) < 4.78 is 34.2. The molecule has 0 amide bonds. The zero-order valence-electron chi connectivity index (χ0n) is 16.0. The molecule has 0 aromatic heterocycles. The number of esters is 1. The molecule has 1 unspecified atom stereocenters. The van der Waals surface area contributed by atoms with Crippen LogP contribution in [0.15, 0.2) is 65.7 Å². The summed E-state index contributed by atoms with van der Waals surface area (Å²) in [5.74, 6) is -3.59. The van der Waals surface area contributed by atoms with Crippen molar-refractivity contribution in [3.63, 3.8) is 0 Å². The monoisotopic (exact) mass is 385 g/mol. The molecule has 1 fully saturated rings. The Morgan fingerprint density at radius 3 is 2.07 bits per heavy atom. The molecule has 28 heavy (non-hydrogen) atoms. The van der Waals surface area contributed by atoms with Gasteiger partial charge in [-0.3, -0.25) is 4.99 Å². The first-order valence-corrected chi connectivity index (χ1v) is 9.71. The van der Waals surface area contributed by atoms with Crippen LogP contribution in [-0.4, -0.2) is 30.3 Å². The number of carbonyl (C=O) groups excluding carboxylic acids is 1. The minimum atomic E-state index is -2.94. The second kappa shape index (κ2) is 9.09. The van der Waals surface area contributed by atoms with Crippen LogP contribution in [0.1, 0.15) is 43.7 Å². The van der Waals surface area contributed by atoms with Gasteiger partial charge in [0.15, 0.2) is 6.04 Å². The van der Waals surface area contributed by atoms with Gasteiger partial charge in [0.05, 0.1) is 12.3 Å². The molecule has 2 aromatic rings. The molecule has 3 nitrogen and oxygen atoms in total. The molecule has 0 aliphatic heterocycles. The number of nitrogens with zero attached hydrogens (tertiary/aromatic N) is 1. The number of alkyl halides is 2. The molecule has 1 aliphatic rings. The molecule has 1 saturated carbocycles. The van der Waals surface area contributed by atoms with E-state index in [-0.39, 0.29) is 18.9 Å². The van der Waals surface area contributed by atoms with Gasteiger partial charge in [0.25, 0.3) is 5.92 Å². The number of ether oxygens (including phenoxy) is 1. The highest BCUT2D eigenvalue weighted by Gasteiger charge is 2.41. The molecular weight excluding hydrogens is 360 g/mol. The van der Waals surface area contributed by atoms with Gasteiger partial charge in [0.2, 0.25) is 0 Å². The van der Waals surface area contributed by atoms with Gasteiger partial charge in [0, 0.05) is 24.0 Å². The minimum Gasteiger partial charge on any atom is -0.464 e. The third-order valence-electron chi connectivity index (χ3n) is 4.71. The number of rotatable bonds is 9. The van der Waals surface area contributed by atoms with Crippen molar-refractivity contribution in [2.75, 3.05) is 6.61 Å². The van der Waals surface area contributed by atoms with E-state index in [4.69, 9.17) is 4.74 Å². The molecule has 2 aromatic carbocycles. The van der Waals surface area contributed by atoms with Gasteiger partial charge >= 0.3 is 5.97 Å². The molecule has 0 saturated heterocycles. The van der Waals surface area contributed by atoms with Gasteiger partial charge in [0.1, 0.15) is 0 Å². The van der Waals surface area contributed by atoms with E-state index in [0.29, 0.717) is 5.71 Å². The summed E-state index contributed by atoms with van der Waals surface area (Å²) in [5.41, 5.74) is 2.06. The van der Waals surface area contributed by atoms with Crippen LogP contribution in [0.4, 0.5) is 8.78 Å². The fraction of sp³-hybridized carbons (Fsp3) is 0.391. The second-order valence-corrected chi connectivity index (χ2v) is 7.19. The van der Waals surface area contributed by atoms with Gasteiger partial charge in [-0.25, -0.2) is 13.6 Å². The van der Waals surface area contributed by atoms with E-state index in [9.17, 15) is 13.6 Å². The van der Waals surface area contributed by atoms with Crippen LogP contribution in [0.25, 0.3) is 0 Å². The van der Waals surface area contributed by atoms with Gasteiger partial charge in [-0.1, -0.05) is 60.7 Å². The normalized spacial score (nSPS) is 15.0. The van der Waals surface area contributed by atoms with Crippen LogP contribution >= 0.6 is 0 Å².